The zero-order chi connectivity index (χ0) is 13.5. The zero-order valence-corrected chi connectivity index (χ0v) is 10.7. The lowest BCUT2D eigenvalue weighted by Gasteiger charge is -2.14. The number of amides is 1. The van der Waals surface area contributed by atoms with Crippen molar-refractivity contribution in [1.29, 1.82) is 0 Å². The molecule has 0 bridgehead atoms. The Hall–Kier alpha value is -1.68. The second-order valence-corrected chi connectivity index (χ2v) is 4.60. The van der Waals surface area contributed by atoms with Crippen molar-refractivity contribution in [1.82, 2.24) is 5.32 Å². The van der Waals surface area contributed by atoms with Crippen LogP contribution in [0.3, 0.4) is 0 Å². The van der Waals surface area contributed by atoms with Gasteiger partial charge in [0.05, 0.1) is 6.10 Å². The molecule has 0 heterocycles. The molecular formula is C14H19NO3. The quantitative estimate of drug-likeness (QED) is 0.753. The summed E-state index contributed by atoms with van der Waals surface area (Å²) >= 11 is 0. The molecule has 0 aliphatic carbocycles. The number of nitrogens with one attached hydrogen (secondary N) is 1. The minimum absolute atomic E-state index is 0.189. The summed E-state index contributed by atoms with van der Waals surface area (Å²) in [5.74, 6) is -0.00261. The van der Waals surface area contributed by atoms with Gasteiger partial charge in [-0.05, 0) is 24.5 Å². The smallest absolute Gasteiger partial charge is 0.251 e. The fraction of sp³-hybridized carbons (Fsp3) is 0.429. The van der Waals surface area contributed by atoms with Gasteiger partial charge in [0, 0.05) is 17.7 Å². The van der Waals surface area contributed by atoms with E-state index < -0.39 is 6.10 Å². The maximum atomic E-state index is 11.7. The van der Waals surface area contributed by atoms with Crippen LogP contribution in [0.5, 0.6) is 0 Å². The largest absolute Gasteiger partial charge is 0.393 e. The summed E-state index contributed by atoms with van der Waals surface area (Å²) in [5.41, 5.74) is 1.06. The van der Waals surface area contributed by atoms with Gasteiger partial charge < -0.3 is 10.4 Å². The lowest BCUT2D eigenvalue weighted by Crippen LogP contribution is -2.28. The van der Waals surface area contributed by atoms with Gasteiger partial charge in [-0.3, -0.25) is 9.59 Å². The van der Waals surface area contributed by atoms with Crippen LogP contribution in [0.1, 0.15) is 41.0 Å². The lowest BCUT2D eigenvalue weighted by molar-refractivity contribution is 0.0919. The average Bonchev–Trinajstić information content (AvgIpc) is 2.38. The number of carbonyl (C=O) groups is 2. The van der Waals surface area contributed by atoms with Crippen LogP contribution in [0, 0.1) is 5.92 Å². The number of benzene rings is 1. The van der Waals surface area contributed by atoms with Crippen LogP contribution in [0.15, 0.2) is 24.3 Å². The molecule has 0 fully saturated rings. The van der Waals surface area contributed by atoms with E-state index >= 15 is 0 Å². The first-order valence-electron chi connectivity index (χ1n) is 6.06. The molecule has 98 valence electrons. The van der Waals surface area contributed by atoms with Gasteiger partial charge in [-0.15, -0.1) is 0 Å². The Bertz CT molecular complexity index is 398. The molecule has 1 rings (SSSR count). The van der Waals surface area contributed by atoms with E-state index in [2.05, 4.69) is 5.32 Å². The SMILES string of the molecule is CC(C)C(O)CCNC(=O)c1ccc(C=O)cc1. The van der Waals surface area contributed by atoms with E-state index in [0.29, 0.717) is 24.1 Å². The van der Waals surface area contributed by atoms with Crippen molar-refractivity contribution in [3.8, 4) is 0 Å². The molecule has 1 aromatic carbocycles. The molecule has 1 atom stereocenters. The van der Waals surface area contributed by atoms with Gasteiger partial charge in [0.25, 0.3) is 5.91 Å². The molecule has 0 aliphatic rings. The van der Waals surface area contributed by atoms with E-state index in [0.717, 1.165) is 6.29 Å². The Balaban J connectivity index is 2.42. The number of aldehydes is 1. The van der Waals surface area contributed by atoms with Crippen LogP contribution in [0.25, 0.3) is 0 Å². The predicted octanol–water partition coefficient (Wildman–Crippen LogP) is 1.64. The topological polar surface area (TPSA) is 66.4 Å². The molecule has 0 radical (unpaired) electrons. The Morgan fingerprint density at radius 1 is 1.33 bits per heavy atom. The highest BCUT2D eigenvalue weighted by atomic mass is 16.3. The van der Waals surface area contributed by atoms with Crippen molar-refractivity contribution < 1.29 is 14.7 Å². The number of hydrogen-bond acceptors (Lipinski definition) is 3. The van der Waals surface area contributed by atoms with Crippen LogP contribution in [0.2, 0.25) is 0 Å². The Labute approximate surface area is 107 Å². The minimum atomic E-state index is -0.400. The number of aliphatic hydroxyl groups excluding tert-OH is 1. The highest BCUT2D eigenvalue weighted by molar-refractivity contribution is 5.94. The van der Waals surface area contributed by atoms with Crippen molar-refractivity contribution in [2.24, 2.45) is 5.92 Å². The van der Waals surface area contributed by atoms with Crippen LogP contribution < -0.4 is 5.32 Å². The molecule has 2 N–H and O–H groups in total. The van der Waals surface area contributed by atoms with Gasteiger partial charge >= 0.3 is 0 Å². The maximum absolute atomic E-state index is 11.7. The molecule has 0 saturated heterocycles. The molecule has 4 nitrogen and oxygen atoms in total. The highest BCUT2D eigenvalue weighted by Gasteiger charge is 2.10. The van der Waals surface area contributed by atoms with Crippen molar-refractivity contribution in [3.05, 3.63) is 35.4 Å². The molecular weight excluding hydrogens is 230 g/mol. The van der Waals surface area contributed by atoms with Gasteiger partial charge in [-0.25, -0.2) is 0 Å². The standard InChI is InChI=1S/C14H19NO3/c1-10(2)13(17)7-8-15-14(18)12-5-3-11(9-16)4-6-12/h3-6,9-10,13,17H,7-8H2,1-2H3,(H,15,18). The number of aliphatic hydroxyl groups is 1. The van der Waals surface area contributed by atoms with E-state index in [-0.39, 0.29) is 11.8 Å². The van der Waals surface area contributed by atoms with Crippen LogP contribution >= 0.6 is 0 Å². The molecule has 4 heteroatoms. The molecule has 0 aliphatic heterocycles. The fourth-order valence-corrected chi connectivity index (χ4v) is 1.48. The molecule has 18 heavy (non-hydrogen) atoms. The summed E-state index contributed by atoms with van der Waals surface area (Å²) in [6.45, 7) is 4.31. The predicted molar refractivity (Wildman–Crippen MR) is 69.6 cm³/mol. The van der Waals surface area contributed by atoms with Gasteiger partial charge in [0.2, 0.25) is 0 Å². The molecule has 1 amide bonds. The van der Waals surface area contributed by atoms with E-state index in [1.807, 2.05) is 13.8 Å². The molecule has 1 aromatic rings. The third-order valence-corrected chi connectivity index (χ3v) is 2.80. The third kappa shape index (κ3) is 4.30. The van der Waals surface area contributed by atoms with Gasteiger partial charge in [0.15, 0.2) is 0 Å². The lowest BCUT2D eigenvalue weighted by atomic mass is 10.0. The normalized spacial score (nSPS) is 12.2. The Kier molecular flexibility index (Phi) is 5.52. The Morgan fingerprint density at radius 2 is 1.94 bits per heavy atom. The number of carbonyl (C=O) groups excluding carboxylic acids is 2. The van der Waals surface area contributed by atoms with E-state index in [9.17, 15) is 14.7 Å². The highest BCUT2D eigenvalue weighted by Crippen LogP contribution is 2.05. The molecule has 1 unspecified atom stereocenters. The van der Waals surface area contributed by atoms with Crippen molar-refractivity contribution in [3.63, 3.8) is 0 Å². The summed E-state index contributed by atoms with van der Waals surface area (Å²) in [6.07, 6.45) is 0.874. The second-order valence-electron chi connectivity index (χ2n) is 4.60. The minimum Gasteiger partial charge on any atom is -0.393 e. The first-order valence-corrected chi connectivity index (χ1v) is 6.06. The van der Waals surface area contributed by atoms with Crippen LogP contribution in [-0.2, 0) is 0 Å². The van der Waals surface area contributed by atoms with E-state index in [4.69, 9.17) is 0 Å². The van der Waals surface area contributed by atoms with Crippen LogP contribution in [-0.4, -0.2) is 29.9 Å². The van der Waals surface area contributed by atoms with Crippen LogP contribution in [0.4, 0.5) is 0 Å². The first-order chi connectivity index (χ1) is 8.54. The second kappa shape index (κ2) is 6.91. The van der Waals surface area contributed by atoms with Gasteiger partial charge in [-0.1, -0.05) is 26.0 Å². The maximum Gasteiger partial charge on any atom is 0.251 e. The summed E-state index contributed by atoms with van der Waals surface area (Å²) in [5, 5.41) is 12.3. The van der Waals surface area contributed by atoms with E-state index in [1.54, 1.807) is 24.3 Å². The zero-order valence-electron chi connectivity index (χ0n) is 10.7. The monoisotopic (exact) mass is 249 g/mol. The number of hydrogen-bond donors (Lipinski definition) is 2. The molecule has 0 spiro atoms. The molecule has 0 aromatic heterocycles. The van der Waals surface area contributed by atoms with Crippen molar-refractivity contribution in [2.75, 3.05) is 6.54 Å². The van der Waals surface area contributed by atoms with E-state index in [1.165, 1.54) is 0 Å². The fourth-order valence-electron chi connectivity index (χ4n) is 1.48. The summed E-state index contributed by atoms with van der Waals surface area (Å²) < 4.78 is 0. The van der Waals surface area contributed by atoms with Crippen molar-refractivity contribution in [2.45, 2.75) is 26.4 Å². The average molecular weight is 249 g/mol. The summed E-state index contributed by atoms with van der Waals surface area (Å²) in [4.78, 5) is 22.2. The summed E-state index contributed by atoms with van der Waals surface area (Å²) in [7, 11) is 0. The third-order valence-electron chi connectivity index (χ3n) is 2.80. The summed E-state index contributed by atoms with van der Waals surface area (Å²) in [6, 6.07) is 6.42. The number of rotatable bonds is 6. The van der Waals surface area contributed by atoms with Gasteiger partial charge in [0.1, 0.15) is 6.29 Å². The van der Waals surface area contributed by atoms with Gasteiger partial charge in [-0.2, -0.15) is 0 Å². The first kappa shape index (κ1) is 14.4. The molecule has 0 saturated carbocycles. The Morgan fingerprint density at radius 3 is 2.44 bits per heavy atom. The van der Waals surface area contributed by atoms with Crippen molar-refractivity contribution >= 4 is 12.2 Å².